The summed E-state index contributed by atoms with van der Waals surface area (Å²) in [4.78, 5) is 12.8. The van der Waals surface area contributed by atoms with Crippen molar-refractivity contribution in [3.8, 4) is 11.5 Å². The number of para-hydroxylation sites is 3. The first-order valence-corrected chi connectivity index (χ1v) is 8.48. The van der Waals surface area contributed by atoms with Crippen LogP contribution in [0.25, 0.3) is 0 Å². The molecule has 1 aliphatic heterocycles. The Morgan fingerprint density at radius 2 is 1.54 bits per heavy atom. The number of fused-ring (bicyclic) bond motifs is 1. The van der Waals surface area contributed by atoms with E-state index >= 15 is 0 Å². The van der Waals surface area contributed by atoms with Crippen molar-refractivity contribution in [2.45, 2.75) is 45.8 Å². The number of aryl methyl sites for hydroxylation is 2. The van der Waals surface area contributed by atoms with Crippen LogP contribution in [-0.4, -0.2) is 18.1 Å². The number of hydrogen-bond donors (Lipinski definition) is 1. The molecule has 126 valence electrons. The molecule has 0 spiro atoms. The maximum Gasteiger partial charge on any atom is 0.269 e. The quantitative estimate of drug-likeness (QED) is 0.925. The van der Waals surface area contributed by atoms with Gasteiger partial charge in [0, 0.05) is 5.69 Å². The van der Waals surface area contributed by atoms with E-state index in [4.69, 9.17) is 9.47 Å². The second-order valence-electron chi connectivity index (χ2n) is 5.96. The fourth-order valence-corrected chi connectivity index (χ4v) is 3.00. The lowest BCUT2D eigenvalue weighted by atomic mass is 10.0. The van der Waals surface area contributed by atoms with Crippen LogP contribution in [-0.2, 0) is 17.6 Å². The molecule has 4 heteroatoms. The van der Waals surface area contributed by atoms with Crippen molar-refractivity contribution >= 4 is 11.6 Å². The maximum atomic E-state index is 12.8. The van der Waals surface area contributed by atoms with Gasteiger partial charge >= 0.3 is 0 Å². The van der Waals surface area contributed by atoms with Crippen molar-refractivity contribution in [1.29, 1.82) is 0 Å². The second-order valence-corrected chi connectivity index (χ2v) is 5.96. The molecule has 0 fully saturated rings. The van der Waals surface area contributed by atoms with Gasteiger partial charge in [-0.1, -0.05) is 44.2 Å². The smallest absolute Gasteiger partial charge is 0.269 e. The van der Waals surface area contributed by atoms with Crippen LogP contribution in [0.2, 0.25) is 0 Å². The number of ether oxygens (including phenoxy) is 2. The molecule has 1 amide bonds. The van der Waals surface area contributed by atoms with Crippen LogP contribution in [0.4, 0.5) is 5.69 Å². The molecule has 0 unspecified atom stereocenters. The van der Waals surface area contributed by atoms with E-state index in [1.807, 2.05) is 49.4 Å². The number of nitrogens with one attached hydrogen (secondary N) is 1. The van der Waals surface area contributed by atoms with Gasteiger partial charge in [0.05, 0.1) is 0 Å². The highest BCUT2D eigenvalue weighted by Gasteiger charge is 2.34. The van der Waals surface area contributed by atoms with Gasteiger partial charge in [-0.15, -0.1) is 0 Å². The van der Waals surface area contributed by atoms with Gasteiger partial charge in [-0.3, -0.25) is 4.79 Å². The van der Waals surface area contributed by atoms with Crippen molar-refractivity contribution in [2.75, 3.05) is 5.32 Å². The number of anilines is 1. The van der Waals surface area contributed by atoms with Gasteiger partial charge < -0.3 is 14.8 Å². The molecule has 0 bridgehead atoms. The second kappa shape index (κ2) is 6.95. The van der Waals surface area contributed by atoms with E-state index in [1.165, 1.54) is 0 Å². The van der Waals surface area contributed by atoms with Crippen LogP contribution in [0.15, 0.2) is 42.5 Å². The summed E-state index contributed by atoms with van der Waals surface area (Å²) >= 11 is 0. The first kappa shape index (κ1) is 16.4. The summed E-state index contributed by atoms with van der Waals surface area (Å²) in [7, 11) is 0. The highest BCUT2D eigenvalue weighted by Crippen LogP contribution is 2.34. The Bertz CT molecular complexity index is 719. The highest BCUT2D eigenvalue weighted by molar-refractivity contribution is 5.96. The topological polar surface area (TPSA) is 47.6 Å². The zero-order valence-electron chi connectivity index (χ0n) is 14.3. The number of carbonyl (C=O) groups excluding carboxylic acids is 1. The summed E-state index contributed by atoms with van der Waals surface area (Å²) in [6, 6.07) is 13.6. The molecular formula is C20H23NO3. The number of hydrogen-bond acceptors (Lipinski definition) is 3. The molecule has 0 aliphatic carbocycles. The predicted molar refractivity (Wildman–Crippen MR) is 94.8 cm³/mol. The molecule has 4 nitrogen and oxygen atoms in total. The van der Waals surface area contributed by atoms with E-state index in [1.54, 1.807) is 0 Å². The lowest BCUT2D eigenvalue weighted by Crippen LogP contribution is -2.46. The van der Waals surface area contributed by atoms with E-state index in [0.717, 1.165) is 29.7 Å². The van der Waals surface area contributed by atoms with Crippen LogP contribution in [0.1, 0.15) is 31.9 Å². The summed E-state index contributed by atoms with van der Waals surface area (Å²) in [6.45, 7) is 6.03. The maximum absolute atomic E-state index is 12.8. The zero-order chi connectivity index (χ0) is 17.1. The van der Waals surface area contributed by atoms with Gasteiger partial charge in [0.2, 0.25) is 6.10 Å². The molecule has 0 radical (unpaired) electrons. The van der Waals surface area contributed by atoms with Gasteiger partial charge in [0.1, 0.15) is 6.10 Å². The Labute approximate surface area is 142 Å². The minimum Gasteiger partial charge on any atom is -0.482 e. The molecule has 0 saturated carbocycles. The molecule has 1 aliphatic rings. The SMILES string of the molecule is CCc1cccc(CC)c1NC(=O)[C@H]1Oc2ccccc2O[C@H]1C. The molecular weight excluding hydrogens is 302 g/mol. The number of rotatable bonds is 4. The molecule has 2 atom stereocenters. The number of benzene rings is 2. The molecule has 2 aromatic carbocycles. The van der Waals surface area contributed by atoms with Crippen molar-refractivity contribution in [3.63, 3.8) is 0 Å². The molecule has 2 aromatic rings. The van der Waals surface area contributed by atoms with Crippen LogP contribution in [0.5, 0.6) is 11.5 Å². The normalized spacial score (nSPS) is 19.0. The lowest BCUT2D eigenvalue weighted by Gasteiger charge is -2.31. The minimum absolute atomic E-state index is 0.174. The summed E-state index contributed by atoms with van der Waals surface area (Å²) in [5.41, 5.74) is 3.17. The third kappa shape index (κ3) is 3.09. The fourth-order valence-electron chi connectivity index (χ4n) is 3.00. The monoisotopic (exact) mass is 325 g/mol. The number of carbonyl (C=O) groups is 1. The third-order valence-corrected chi connectivity index (χ3v) is 4.35. The Balaban J connectivity index is 1.84. The Morgan fingerprint density at radius 1 is 0.958 bits per heavy atom. The Hall–Kier alpha value is -2.49. The molecule has 0 aromatic heterocycles. The minimum atomic E-state index is -0.672. The highest BCUT2D eigenvalue weighted by atomic mass is 16.6. The van der Waals surface area contributed by atoms with E-state index in [2.05, 4.69) is 19.2 Å². The van der Waals surface area contributed by atoms with Crippen molar-refractivity contribution in [3.05, 3.63) is 53.6 Å². The average Bonchev–Trinajstić information content (AvgIpc) is 2.61. The number of amides is 1. The van der Waals surface area contributed by atoms with Gasteiger partial charge in [-0.05, 0) is 43.0 Å². The van der Waals surface area contributed by atoms with E-state index in [9.17, 15) is 4.79 Å². The summed E-state index contributed by atoms with van der Waals surface area (Å²) in [6.07, 6.45) is 0.710. The summed E-state index contributed by atoms with van der Waals surface area (Å²) in [5, 5.41) is 3.07. The molecule has 1 N–H and O–H groups in total. The van der Waals surface area contributed by atoms with Crippen LogP contribution >= 0.6 is 0 Å². The Kier molecular flexibility index (Phi) is 4.74. The van der Waals surface area contributed by atoms with E-state index < -0.39 is 6.10 Å². The van der Waals surface area contributed by atoms with Crippen LogP contribution in [0, 0.1) is 0 Å². The zero-order valence-corrected chi connectivity index (χ0v) is 14.3. The molecule has 3 rings (SSSR count). The van der Waals surface area contributed by atoms with Crippen molar-refractivity contribution in [2.24, 2.45) is 0 Å². The van der Waals surface area contributed by atoms with Gasteiger partial charge in [0.15, 0.2) is 11.5 Å². The molecule has 1 heterocycles. The van der Waals surface area contributed by atoms with Crippen LogP contribution in [0.3, 0.4) is 0 Å². The summed E-state index contributed by atoms with van der Waals surface area (Å²) < 4.78 is 11.7. The first-order valence-electron chi connectivity index (χ1n) is 8.48. The van der Waals surface area contributed by atoms with Crippen LogP contribution < -0.4 is 14.8 Å². The molecule has 24 heavy (non-hydrogen) atoms. The largest absolute Gasteiger partial charge is 0.482 e. The molecule has 0 saturated heterocycles. The van der Waals surface area contributed by atoms with E-state index in [-0.39, 0.29) is 12.0 Å². The van der Waals surface area contributed by atoms with Gasteiger partial charge in [0.25, 0.3) is 5.91 Å². The summed E-state index contributed by atoms with van der Waals surface area (Å²) in [5.74, 6) is 1.11. The van der Waals surface area contributed by atoms with E-state index in [0.29, 0.717) is 11.5 Å². The van der Waals surface area contributed by atoms with Crippen molar-refractivity contribution < 1.29 is 14.3 Å². The standard InChI is InChI=1S/C20H23NO3/c1-4-14-9-8-10-15(5-2)18(14)21-20(22)19-13(3)23-16-11-6-7-12-17(16)24-19/h6-13,19H,4-5H2,1-3H3,(H,21,22)/t13-,19-/m0/s1. The lowest BCUT2D eigenvalue weighted by molar-refractivity contribution is -0.128. The Morgan fingerprint density at radius 3 is 2.12 bits per heavy atom. The van der Waals surface area contributed by atoms with Gasteiger partial charge in [-0.2, -0.15) is 0 Å². The first-order chi connectivity index (χ1) is 11.6. The average molecular weight is 325 g/mol. The third-order valence-electron chi connectivity index (χ3n) is 4.35. The predicted octanol–water partition coefficient (Wildman–Crippen LogP) is 3.98. The van der Waals surface area contributed by atoms with Crippen molar-refractivity contribution in [1.82, 2.24) is 0 Å². The van der Waals surface area contributed by atoms with Gasteiger partial charge in [-0.25, -0.2) is 0 Å². The fraction of sp³-hybridized carbons (Fsp3) is 0.350.